The van der Waals surface area contributed by atoms with E-state index in [-0.39, 0.29) is 0 Å². The van der Waals surface area contributed by atoms with Gasteiger partial charge in [0.25, 0.3) is 0 Å². The van der Waals surface area contributed by atoms with Gasteiger partial charge in [-0.25, -0.2) is 0 Å². The number of anilines is 2. The highest BCUT2D eigenvalue weighted by molar-refractivity contribution is 6.33. The number of halogens is 1. The SMILES string of the molecule is CN=Cc1cc(N)c(Cl)cc1N. The summed E-state index contributed by atoms with van der Waals surface area (Å²) in [4.78, 5) is 3.83. The molecule has 0 fully saturated rings. The molecule has 0 atom stereocenters. The van der Waals surface area contributed by atoms with Crippen LogP contribution < -0.4 is 11.5 Å². The Morgan fingerprint density at radius 3 is 2.58 bits per heavy atom. The van der Waals surface area contributed by atoms with Crippen molar-refractivity contribution in [3.8, 4) is 0 Å². The molecule has 0 amide bonds. The highest BCUT2D eigenvalue weighted by Crippen LogP contribution is 2.23. The van der Waals surface area contributed by atoms with Gasteiger partial charge in [-0.05, 0) is 12.1 Å². The Labute approximate surface area is 76.0 Å². The number of nitrogen functional groups attached to an aromatic ring is 2. The van der Waals surface area contributed by atoms with Gasteiger partial charge in [0.15, 0.2) is 0 Å². The van der Waals surface area contributed by atoms with E-state index in [9.17, 15) is 0 Å². The lowest BCUT2D eigenvalue weighted by Gasteiger charge is -2.03. The van der Waals surface area contributed by atoms with E-state index in [0.29, 0.717) is 16.4 Å². The van der Waals surface area contributed by atoms with Gasteiger partial charge in [-0.2, -0.15) is 0 Å². The first-order valence-corrected chi connectivity index (χ1v) is 3.79. The molecule has 0 saturated carbocycles. The molecule has 4 heteroatoms. The van der Waals surface area contributed by atoms with E-state index in [1.54, 1.807) is 25.4 Å². The standard InChI is InChI=1S/C8H10ClN3/c1-12-4-5-2-8(11)6(9)3-7(5)10/h2-4H,10-11H2,1H3. The minimum Gasteiger partial charge on any atom is -0.398 e. The quantitative estimate of drug-likeness (QED) is 0.513. The maximum Gasteiger partial charge on any atom is 0.0656 e. The van der Waals surface area contributed by atoms with Gasteiger partial charge >= 0.3 is 0 Å². The normalized spacial score (nSPS) is 10.8. The van der Waals surface area contributed by atoms with Crippen LogP contribution >= 0.6 is 11.6 Å². The molecule has 12 heavy (non-hydrogen) atoms. The number of nitrogens with zero attached hydrogens (tertiary/aromatic N) is 1. The predicted molar refractivity (Wildman–Crippen MR) is 53.8 cm³/mol. The third-order valence-electron chi connectivity index (χ3n) is 1.47. The molecule has 0 bridgehead atoms. The summed E-state index contributed by atoms with van der Waals surface area (Å²) < 4.78 is 0. The number of benzene rings is 1. The predicted octanol–water partition coefficient (Wildman–Crippen LogP) is 1.55. The number of hydrogen-bond donors (Lipinski definition) is 2. The number of rotatable bonds is 1. The largest absolute Gasteiger partial charge is 0.398 e. The van der Waals surface area contributed by atoms with E-state index >= 15 is 0 Å². The third kappa shape index (κ3) is 1.68. The maximum atomic E-state index is 5.74. The molecule has 0 radical (unpaired) electrons. The summed E-state index contributed by atoms with van der Waals surface area (Å²) in [5.74, 6) is 0. The zero-order chi connectivity index (χ0) is 9.14. The first-order chi connectivity index (χ1) is 5.65. The van der Waals surface area contributed by atoms with Gasteiger partial charge in [0.05, 0.1) is 10.7 Å². The number of hydrogen-bond acceptors (Lipinski definition) is 3. The fourth-order valence-corrected chi connectivity index (χ4v) is 1.05. The van der Waals surface area contributed by atoms with E-state index in [1.165, 1.54) is 0 Å². The summed E-state index contributed by atoms with van der Waals surface area (Å²) in [7, 11) is 1.67. The fourth-order valence-electron chi connectivity index (χ4n) is 0.874. The molecular formula is C8H10ClN3. The highest BCUT2D eigenvalue weighted by atomic mass is 35.5. The lowest BCUT2D eigenvalue weighted by Crippen LogP contribution is -1.96. The molecule has 0 aliphatic heterocycles. The van der Waals surface area contributed by atoms with Crippen LogP contribution in [0.3, 0.4) is 0 Å². The fraction of sp³-hybridized carbons (Fsp3) is 0.125. The van der Waals surface area contributed by atoms with Crippen molar-refractivity contribution in [2.75, 3.05) is 18.5 Å². The highest BCUT2D eigenvalue weighted by Gasteiger charge is 2.01. The molecule has 1 rings (SSSR count). The minimum absolute atomic E-state index is 0.473. The van der Waals surface area contributed by atoms with Gasteiger partial charge in [0, 0.05) is 24.5 Å². The summed E-state index contributed by atoms with van der Waals surface area (Å²) in [6.07, 6.45) is 1.64. The second kappa shape index (κ2) is 3.45. The smallest absolute Gasteiger partial charge is 0.0656 e. The van der Waals surface area contributed by atoms with Gasteiger partial charge < -0.3 is 11.5 Å². The lowest BCUT2D eigenvalue weighted by molar-refractivity contribution is 1.46. The van der Waals surface area contributed by atoms with Gasteiger partial charge in [-0.1, -0.05) is 11.6 Å². The second-order valence-electron chi connectivity index (χ2n) is 2.39. The van der Waals surface area contributed by atoms with E-state index < -0.39 is 0 Å². The van der Waals surface area contributed by atoms with E-state index in [0.717, 1.165) is 5.56 Å². The van der Waals surface area contributed by atoms with Crippen molar-refractivity contribution in [3.63, 3.8) is 0 Å². The van der Waals surface area contributed by atoms with Crippen molar-refractivity contribution in [2.45, 2.75) is 0 Å². The van der Waals surface area contributed by atoms with Crippen molar-refractivity contribution in [1.29, 1.82) is 0 Å². The van der Waals surface area contributed by atoms with Crippen LogP contribution in [0.2, 0.25) is 5.02 Å². The zero-order valence-corrected chi connectivity index (χ0v) is 7.47. The maximum absolute atomic E-state index is 5.74. The Balaban J connectivity index is 3.23. The molecule has 1 aromatic rings. The molecule has 1 aromatic carbocycles. The van der Waals surface area contributed by atoms with Crippen molar-refractivity contribution in [3.05, 3.63) is 22.7 Å². The average molecular weight is 184 g/mol. The van der Waals surface area contributed by atoms with Crippen molar-refractivity contribution >= 4 is 29.2 Å². The summed E-state index contributed by atoms with van der Waals surface area (Å²) in [6.45, 7) is 0. The van der Waals surface area contributed by atoms with Crippen LogP contribution in [0.25, 0.3) is 0 Å². The van der Waals surface area contributed by atoms with E-state index in [2.05, 4.69) is 4.99 Å². The molecule has 0 aromatic heterocycles. The Morgan fingerprint density at radius 1 is 1.33 bits per heavy atom. The van der Waals surface area contributed by atoms with Crippen LogP contribution in [0.15, 0.2) is 17.1 Å². The monoisotopic (exact) mass is 183 g/mol. The molecule has 0 aliphatic rings. The molecule has 0 saturated heterocycles. The molecule has 0 aliphatic carbocycles. The Kier molecular flexibility index (Phi) is 2.55. The van der Waals surface area contributed by atoms with Crippen LogP contribution in [0.5, 0.6) is 0 Å². The van der Waals surface area contributed by atoms with Gasteiger partial charge in [-0.3, -0.25) is 4.99 Å². The van der Waals surface area contributed by atoms with Gasteiger partial charge in [0.1, 0.15) is 0 Å². The van der Waals surface area contributed by atoms with Crippen LogP contribution in [0, 0.1) is 0 Å². The van der Waals surface area contributed by atoms with Crippen LogP contribution in [-0.2, 0) is 0 Å². The molecule has 4 N–H and O–H groups in total. The Bertz CT molecular complexity index is 320. The Morgan fingerprint density at radius 2 is 2.00 bits per heavy atom. The summed E-state index contributed by atoms with van der Waals surface area (Å²) in [5.41, 5.74) is 13.1. The third-order valence-corrected chi connectivity index (χ3v) is 1.80. The van der Waals surface area contributed by atoms with Crippen molar-refractivity contribution in [2.24, 2.45) is 4.99 Å². The number of aliphatic imine (C=N–C) groups is 1. The van der Waals surface area contributed by atoms with Crippen molar-refractivity contribution < 1.29 is 0 Å². The molecule has 0 heterocycles. The zero-order valence-electron chi connectivity index (χ0n) is 6.71. The molecular weight excluding hydrogens is 174 g/mol. The first kappa shape index (κ1) is 8.87. The van der Waals surface area contributed by atoms with Gasteiger partial charge in [-0.15, -0.1) is 0 Å². The molecule has 0 unspecified atom stereocenters. The van der Waals surface area contributed by atoms with Gasteiger partial charge in [0.2, 0.25) is 0 Å². The van der Waals surface area contributed by atoms with Crippen molar-refractivity contribution in [1.82, 2.24) is 0 Å². The summed E-state index contributed by atoms with van der Waals surface area (Å²) in [5, 5.41) is 0.473. The molecule has 0 spiro atoms. The van der Waals surface area contributed by atoms with E-state index in [1.807, 2.05) is 0 Å². The summed E-state index contributed by atoms with van der Waals surface area (Å²) in [6, 6.07) is 3.32. The van der Waals surface area contributed by atoms with Crippen LogP contribution in [-0.4, -0.2) is 13.3 Å². The van der Waals surface area contributed by atoms with Crippen LogP contribution in [0.4, 0.5) is 11.4 Å². The molecule has 3 nitrogen and oxygen atoms in total. The average Bonchev–Trinajstić information content (AvgIpc) is 2.01. The van der Waals surface area contributed by atoms with E-state index in [4.69, 9.17) is 23.1 Å². The van der Waals surface area contributed by atoms with Crippen LogP contribution in [0.1, 0.15) is 5.56 Å². The second-order valence-corrected chi connectivity index (χ2v) is 2.80. The Hall–Kier alpha value is -1.22. The topological polar surface area (TPSA) is 64.4 Å². The number of nitrogens with two attached hydrogens (primary N) is 2. The lowest BCUT2D eigenvalue weighted by atomic mass is 10.2. The minimum atomic E-state index is 0.473. The first-order valence-electron chi connectivity index (χ1n) is 3.42. The summed E-state index contributed by atoms with van der Waals surface area (Å²) >= 11 is 5.74. The molecule has 64 valence electrons.